The molecule has 4 rings (SSSR count). The number of alkyl halides is 1. The van der Waals surface area contributed by atoms with E-state index in [4.69, 9.17) is 27.9 Å². The normalized spacial score (nSPS) is 16.9. The summed E-state index contributed by atoms with van der Waals surface area (Å²) in [7, 11) is 1.58. The minimum absolute atomic E-state index is 0.0700. The van der Waals surface area contributed by atoms with E-state index >= 15 is 4.39 Å². The molecule has 1 atom stereocenters. The molecule has 0 bridgehead atoms. The number of methoxy groups -OCH3 is 1. The van der Waals surface area contributed by atoms with Gasteiger partial charge in [-0.3, -0.25) is 4.98 Å². The Hall–Kier alpha value is -1.57. The third-order valence-corrected chi connectivity index (χ3v) is 8.86. The van der Waals surface area contributed by atoms with Gasteiger partial charge in [0.1, 0.15) is 11.9 Å². The fraction of sp³-hybridized carbons (Fsp3) is 0.444. The van der Waals surface area contributed by atoms with Gasteiger partial charge in [0, 0.05) is 40.9 Å². The summed E-state index contributed by atoms with van der Waals surface area (Å²) in [5.74, 6) is 1.60. The highest BCUT2D eigenvalue weighted by Crippen LogP contribution is 2.42. The van der Waals surface area contributed by atoms with E-state index < -0.39 is 6.17 Å². The second kappa shape index (κ2) is 12.1. The smallest absolute Gasteiger partial charge is 0.127 e. The Morgan fingerprint density at radius 2 is 1.94 bits per heavy atom. The van der Waals surface area contributed by atoms with Crippen LogP contribution < -0.4 is 4.74 Å². The van der Waals surface area contributed by atoms with Crippen LogP contribution in [0.1, 0.15) is 37.4 Å². The predicted octanol–water partition coefficient (Wildman–Crippen LogP) is 7.21. The summed E-state index contributed by atoms with van der Waals surface area (Å²) in [5, 5.41) is 12.0. The maximum Gasteiger partial charge on any atom is 0.127 e. The molecule has 0 radical (unpaired) electrons. The first-order valence-electron chi connectivity index (χ1n) is 11.9. The maximum absolute atomic E-state index is 15.6. The van der Waals surface area contributed by atoms with E-state index in [1.54, 1.807) is 24.9 Å². The number of thioether (sulfide) groups is 1. The largest absolute Gasteiger partial charge is 0.497 e. The molecular formula is C27H31Cl2FN2O2S. The number of halogens is 3. The van der Waals surface area contributed by atoms with Gasteiger partial charge in [-0.15, -0.1) is 11.8 Å². The molecule has 1 N–H and O–H groups in total. The van der Waals surface area contributed by atoms with E-state index in [0.29, 0.717) is 40.1 Å². The Balaban J connectivity index is 1.34. The monoisotopic (exact) mass is 536 g/mol. The Labute approximate surface area is 220 Å². The molecule has 2 heterocycles. The van der Waals surface area contributed by atoms with Gasteiger partial charge < -0.3 is 14.7 Å². The lowest BCUT2D eigenvalue weighted by Crippen LogP contribution is -2.42. The summed E-state index contributed by atoms with van der Waals surface area (Å²) in [6.07, 6.45) is 2.89. The van der Waals surface area contributed by atoms with Gasteiger partial charge in [-0.1, -0.05) is 35.3 Å². The highest BCUT2D eigenvalue weighted by atomic mass is 35.5. The van der Waals surface area contributed by atoms with Crippen LogP contribution in [0.3, 0.4) is 0 Å². The van der Waals surface area contributed by atoms with Crippen LogP contribution in [0.2, 0.25) is 10.0 Å². The average molecular weight is 538 g/mol. The molecule has 0 unspecified atom stereocenters. The van der Waals surface area contributed by atoms with Crippen molar-refractivity contribution in [2.75, 3.05) is 39.1 Å². The number of pyridine rings is 1. The van der Waals surface area contributed by atoms with E-state index in [2.05, 4.69) is 9.88 Å². The van der Waals surface area contributed by atoms with Gasteiger partial charge in [-0.2, -0.15) is 0 Å². The fourth-order valence-electron chi connectivity index (χ4n) is 4.78. The van der Waals surface area contributed by atoms with Crippen molar-refractivity contribution in [3.63, 3.8) is 0 Å². The van der Waals surface area contributed by atoms with Crippen molar-refractivity contribution in [2.24, 2.45) is 5.41 Å². The number of likely N-dealkylation sites (tertiary alicyclic amines) is 1. The Kier molecular flexibility index (Phi) is 9.17. The minimum Gasteiger partial charge on any atom is -0.497 e. The summed E-state index contributed by atoms with van der Waals surface area (Å²) < 4.78 is 20.9. The van der Waals surface area contributed by atoms with E-state index in [9.17, 15) is 5.11 Å². The molecular weight excluding hydrogens is 506 g/mol. The van der Waals surface area contributed by atoms with Crippen molar-refractivity contribution in [1.29, 1.82) is 0 Å². The van der Waals surface area contributed by atoms with Crippen molar-refractivity contribution in [3.8, 4) is 5.75 Å². The zero-order chi connectivity index (χ0) is 24.8. The topological polar surface area (TPSA) is 45.6 Å². The Bertz CT molecular complexity index is 1140. The molecule has 2 aromatic carbocycles. The second-order valence-corrected chi connectivity index (χ2v) is 11.1. The molecule has 3 aromatic rings. The Morgan fingerprint density at radius 3 is 2.66 bits per heavy atom. The van der Waals surface area contributed by atoms with Crippen LogP contribution in [-0.2, 0) is 0 Å². The first-order valence-corrected chi connectivity index (χ1v) is 13.7. The van der Waals surface area contributed by atoms with Gasteiger partial charge in [0.05, 0.1) is 22.7 Å². The molecule has 35 heavy (non-hydrogen) atoms. The number of nitrogens with zero attached hydrogens (tertiary/aromatic N) is 2. The summed E-state index contributed by atoms with van der Waals surface area (Å²) in [4.78, 5) is 7.85. The van der Waals surface area contributed by atoms with Crippen molar-refractivity contribution in [1.82, 2.24) is 9.88 Å². The number of aromatic nitrogens is 1. The SMILES string of the molecule is COc1ccc2ncc(Cl)c([C@@H](F)CCC3(CO)CCN(CCSc4ccccc4Cl)CC3)c2c1. The number of hydrogen-bond donors (Lipinski definition) is 1. The summed E-state index contributed by atoms with van der Waals surface area (Å²) in [6.45, 7) is 2.83. The number of ether oxygens (including phenoxy) is 1. The van der Waals surface area contributed by atoms with Crippen LogP contribution in [0, 0.1) is 5.41 Å². The number of rotatable bonds is 10. The van der Waals surface area contributed by atoms with E-state index in [-0.39, 0.29) is 12.0 Å². The van der Waals surface area contributed by atoms with Crippen molar-refractivity contribution in [2.45, 2.75) is 36.8 Å². The second-order valence-electron chi connectivity index (χ2n) is 9.19. The summed E-state index contributed by atoms with van der Waals surface area (Å²) >= 11 is 14.4. The highest BCUT2D eigenvalue weighted by molar-refractivity contribution is 7.99. The minimum atomic E-state index is -1.24. The molecule has 1 saturated heterocycles. The molecule has 4 nitrogen and oxygen atoms in total. The van der Waals surface area contributed by atoms with Gasteiger partial charge in [-0.05, 0) is 74.5 Å². The van der Waals surface area contributed by atoms with Gasteiger partial charge in [-0.25, -0.2) is 4.39 Å². The molecule has 1 aliphatic heterocycles. The van der Waals surface area contributed by atoms with Crippen LogP contribution in [0.4, 0.5) is 4.39 Å². The molecule has 0 spiro atoms. The van der Waals surface area contributed by atoms with E-state index in [1.165, 1.54) is 6.20 Å². The van der Waals surface area contributed by atoms with Crippen molar-refractivity contribution in [3.05, 3.63) is 64.3 Å². The number of aliphatic hydroxyl groups excluding tert-OH is 1. The number of benzene rings is 2. The van der Waals surface area contributed by atoms with Crippen LogP contribution in [0.15, 0.2) is 53.6 Å². The standard InChI is InChI=1S/C27H31Cl2FN2O2S/c1-34-19-6-7-24-20(16-19)26(22(29)17-31-24)23(30)8-9-27(18-33)10-12-32(13-11-27)14-15-35-25-5-3-2-4-21(25)28/h2-7,16-17,23,33H,8-15,18H2,1H3/t23-/m0/s1. The number of fused-ring (bicyclic) bond motifs is 1. The van der Waals surface area contributed by atoms with Crippen LogP contribution >= 0.6 is 35.0 Å². The average Bonchev–Trinajstić information content (AvgIpc) is 2.89. The van der Waals surface area contributed by atoms with Crippen LogP contribution in [0.25, 0.3) is 10.9 Å². The molecule has 188 valence electrons. The fourth-order valence-corrected chi connectivity index (χ4v) is 6.29. The Morgan fingerprint density at radius 1 is 1.17 bits per heavy atom. The lowest BCUT2D eigenvalue weighted by atomic mass is 9.74. The third kappa shape index (κ3) is 6.41. The summed E-state index contributed by atoms with van der Waals surface area (Å²) in [6, 6.07) is 13.3. The van der Waals surface area contributed by atoms with E-state index in [0.717, 1.165) is 48.1 Å². The van der Waals surface area contributed by atoms with Crippen LogP contribution in [-0.4, -0.2) is 54.1 Å². The first kappa shape index (κ1) is 26.5. The van der Waals surface area contributed by atoms with Gasteiger partial charge >= 0.3 is 0 Å². The first-order chi connectivity index (χ1) is 16.9. The summed E-state index contributed by atoms with van der Waals surface area (Å²) in [5.41, 5.74) is 0.884. The third-order valence-electron chi connectivity index (χ3n) is 7.06. The number of piperidine rings is 1. The molecule has 0 aliphatic carbocycles. The zero-order valence-corrected chi connectivity index (χ0v) is 22.2. The predicted molar refractivity (Wildman–Crippen MR) is 144 cm³/mol. The quantitative estimate of drug-likeness (QED) is 0.277. The number of hydrogen-bond acceptors (Lipinski definition) is 5. The van der Waals surface area contributed by atoms with Crippen molar-refractivity contribution >= 4 is 45.9 Å². The van der Waals surface area contributed by atoms with Crippen molar-refractivity contribution < 1.29 is 14.2 Å². The number of aliphatic hydroxyl groups is 1. The molecule has 0 amide bonds. The lowest BCUT2D eigenvalue weighted by molar-refractivity contribution is 0.0323. The van der Waals surface area contributed by atoms with Gasteiger partial charge in [0.15, 0.2) is 0 Å². The molecule has 1 fully saturated rings. The highest BCUT2D eigenvalue weighted by Gasteiger charge is 2.35. The zero-order valence-electron chi connectivity index (χ0n) is 19.9. The maximum atomic E-state index is 15.6. The molecule has 1 aromatic heterocycles. The van der Waals surface area contributed by atoms with Gasteiger partial charge in [0.25, 0.3) is 0 Å². The lowest BCUT2D eigenvalue weighted by Gasteiger charge is -2.41. The van der Waals surface area contributed by atoms with Gasteiger partial charge in [0.2, 0.25) is 0 Å². The van der Waals surface area contributed by atoms with E-state index in [1.807, 2.05) is 36.4 Å². The van der Waals surface area contributed by atoms with Crippen LogP contribution in [0.5, 0.6) is 5.75 Å². The molecule has 8 heteroatoms. The molecule has 0 saturated carbocycles. The molecule has 1 aliphatic rings.